The number of benzene rings is 1. The fourth-order valence-electron chi connectivity index (χ4n) is 1.72. The van der Waals surface area contributed by atoms with Gasteiger partial charge in [0, 0.05) is 25.8 Å². The number of hydrogen-bond acceptors (Lipinski definition) is 6. The van der Waals surface area contributed by atoms with E-state index in [1.807, 2.05) is 0 Å². The van der Waals surface area contributed by atoms with E-state index in [0.717, 1.165) is 0 Å². The molecule has 1 aromatic rings. The zero-order valence-electron chi connectivity index (χ0n) is 13.8. The molecule has 0 atom stereocenters. The van der Waals surface area contributed by atoms with Crippen LogP contribution in [0.2, 0.25) is 0 Å². The number of amides is 2. The van der Waals surface area contributed by atoms with E-state index in [0.29, 0.717) is 30.8 Å². The van der Waals surface area contributed by atoms with Gasteiger partial charge in [0.15, 0.2) is 0 Å². The molecule has 0 saturated heterocycles. The lowest BCUT2D eigenvalue weighted by atomic mass is 10.2. The number of carbonyl (C=O) groups excluding carboxylic acids is 3. The molecule has 0 aliphatic carbocycles. The van der Waals surface area contributed by atoms with E-state index in [1.54, 1.807) is 19.1 Å². The van der Waals surface area contributed by atoms with E-state index >= 15 is 0 Å². The van der Waals surface area contributed by atoms with Crippen molar-refractivity contribution in [1.29, 1.82) is 0 Å². The first-order valence-electron chi connectivity index (χ1n) is 7.55. The zero-order chi connectivity index (χ0) is 17.8. The van der Waals surface area contributed by atoms with Gasteiger partial charge >= 0.3 is 6.16 Å². The van der Waals surface area contributed by atoms with Crippen molar-refractivity contribution in [3.8, 4) is 5.75 Å². The molecule has 0 saturated carbocycles. The van der Waals surface area contributed by atoms with Gasteiger partial charge in [-0.1, -0.05) is 0 Å². The Labute approximate surface area is 140 Å². The molecule has 2 amide bonds. The van der Waals surface area contributed by atoms with Gasteiger partial charge < -0.3 is 24.8 Å². The number of methoxy groups -OCH3 is 1. The zero-order valence-corrected chi connectivity index (χ0v) is 13.8. The Balaban J connectivity index is 2.30. The van der Waals surface area contributed by atoms with Crippen LogP contribution < -0.4 is 15.4 Å². The highest BCUT2D eigenvalue weighted by atomic mass is 16.7. The number of carbonyl (C=O) groups is 3. The average Bonchev–Trinajstić information content (AvgIpc) is 2.55. The van der Waals surface area contributed by atoms with E-state index in [-0.39, 0.29) is 25.0 Å². The highest BCUT2D eigenvalue weighted by Crippen LogP contribution is 2.12. The van der Waals surface area contributed by atoms with Gasteiger partial charge in [-0.25, -0.2) is 4.79 Å². The molecule has 0 aromatic heterocycles. The molecule has 0 spiro atoms. The molecule has 0 aliphatic heterocycles. The molecule has 1 aromatic carbocycles. The van der Waals surface area contributed by atoms with Gasteiger partial charge in [0.2, 0.25) is 5.91 Å². The quantitative estimate of drug-likeness (QED) is 0.397. The molecule has 0 radical (unpaired) electrons. The Morgan fingerprint density at radius 3 is 2.33 bits per heavy atom. The third kappa shape index (κ3) is 7.59. The number of rotatable bonds is 9. The van der Waals surface area contributed by atoms with Crippen LogP contribution in [0.1, 0.15) is 23.7 Å². The minimum atomic E-state index is -0.787. The predicted molar refractivity (Wildman–Crippen MR) is 85.9 cm³/mol. The molecule has 1 rings (SSSR count). The van der Waals surface area contributed by atoms with Crippen molar-refractivity contribution in [2.45, 2.75) is 13.3 Å². The fraction of sp³-hybridized carbons (Fsp3) is 0.438. The standard InChI is InChI=1S/C16H22N2O6/c1-3-23-16(21)24-13-7-5-12(6-8-13)15(20)18-10-4-9-17-14(19)11-22-2/h5-8H,3-4,9-11H2,1-2H3,(H,17,19)(H,18,20). The molecular weight excluding hydrogens is 316 g/mol. The summed E-state index contributed by atoms with van der Waals surface area (Å²) in [6.07, 6.45) is -0.184. The van der Waals surface area contributed by atoms with Crippen LogP contribution in [0.25, 0.3) is 0 Å². The Kier molecular flexibility index (Phi) is 8.91. The summed E-state index contributed by atoms with van der Waals surface area (Å²) >= 11 is 0. The molecule has 0 heterocycles. The first-order valence-corrected chi connectivity index (χ1v) is 7.55. The Hall–Kier alpha value is -2.61. The van der Waals surface area contributed by atoms with E-state index < -0.39 is 6.16 Å². The molecule has 8 nitrogen and oxygen atoms in total. The summed E-state index contributed by atoms with van der Waals surface area (Å²) in [5.74, 6) is -0.146. The van der Waals surface area contributed by atoms with E-state index in [2.05, 4.69) is 20.1 Å². The second-order valence-electron chi connectivity index (χ2n) is 4.70. The summed E-state index contributed by atoms with van der Waals surface area (Å²) in [4.78, 5) is 34.2. The molecule has 8 heteroatoms. The third-order valence-corrected chi connectivity index (χ3v) is 2.82. The number of ether oxygens (including phenoxy) is 3. The smallest absolute Gasteiger partial charge is 0.434 e. The molecule has 0 unspecified atom stereocenters. The minimum absolute atomic E-state index is 0.0204. The van der Waals surface area contributed by atoms with Gasteiger partial charge in [0.1, 0.15) is 12.4 Å². The lowest BCUT2D eigenvalue weighted by molar-refractivity contribution is -0.124. The first-order chi connectivity index (χ1) is 11.6. The molecule has 24 heavy (non-hydrogen) atoms. The van der Waals surface area contributed by atoms with Gasteiger partial charge in [-0.05, 0) is 37.6 Å². The van der Waals surface area contributed by atoms with Crippen LogP contribution in [0.4, 0.5) is 4.79 Å². The van der Waals surface area contributed by atoms with Crippen LogP contribution >= 0.6 is 0 Å². The maximum atomic E-state index is 11.9. The molecule has 2 N–H and O–H groups in total. The van der Waals surface area contributed by atoms with Gasteiger partial charge in [0.25, 0.3) is 5.91 Å². The minimum Gasteiger partial charge on any atom is -0.434 e. The maximum absolute atomic E-state index is 11.9. The van der Waals surface area contributed by atoms with E-state index in [1.165, 1.54) is 19.2 Å². The average molecular weight is 338 g/mol. The van der Waals surface area contributed by atoms with Crippen molar-refractivity contribution in [3.63, 3.8) is 0 Å². The Bertz CT molecular complexity index is 544. The highest BCUT2D eigenvalue weighted by Gasteiger charge is 2.08. The van der Waals surface area contributed by atoms with Crippen LogP contribution in [0, 0.1) is 0 Å². The van der Waals surface area contributed by atoms with Crippen molar-refractivity contribution >= 4 is 18.0 Å². The predicted octanol–water partition coefficient (Wildman–Crippen LogP) is 1.10. The Morgan fingerprint density at radius 2 is 1.71 bits per heavy atom. The number of nitrogens with one attached hydrogen (secondary N) is 2. The largest absolute Gasteiger partial charge is 0.513 e. The second-order valence-corrected chi connectivity index (χ2v) is 4.70. The Morgan fingerprint density at radius 1 is 1.04 bits per heavy atom. The van der Waals surface area contributed by atoms with Crippen molar-refractivity contribution in [2.75, 3.05) is 33.4 Å². The molecule has 0 fully saturated rings. The maximum Gasteiger partial charge on any atom is 0.513 e. The molecule has 0 aliphatic rings. The summed E-state index contributed by atoms with van der Waals surface area (Å²) in [7, 11) is 1.45. The SMILES string of the molecule is CCOC(=O)Oc1ccc(C(=O)NCCCNC(=O)COC)cc1. The molecule has 132 valence electrons. The summed E-state index contributed by atoms with van der Waals surface area (Å²) in [5.41, 5.74) is 0.439. The second kappa shape index (κ2) is 11.0. The summed E-state index contributed by atoms with van der Waals surface area (Å²) in [6.45, 7) is 2.80. The topological polar surface area (TPSA) is 103 Å². The van der Waals surface area contributed by atoms with Gasteiger partial charge in [-0.3, -0.25) is 9.59 Å². The third-order valence-electron chi connectivity index (χ3n) is 2.82. The van der Waals surface area contributed by atoms with E-state index in [4.69, 9.17) is 4.74 Å². The summed E-state index contributed by atoms with van der Waals surface area (Å²) in [6, 6.07) is 6.11. The van der Waals surface area contributed by atoms with Gasteiger partial charge in [-0.2, -0.15) is 0 Å². The van der Waals surface area contributed by atoms with Crippen LogP contribution in [0.3, 0.4) is 0 Å². The van der Waals surface area contributed by atoms with Crippen LogP contribution in [-0.4, -0.2) is 51.4 Å². The van der Waals surface area contributed by atoms with Crippen LogP contribution in [0.5, 0.6) is 5.75 Å². The summed E-state index contributed by atoms with van der Waals surface area (Å²) in [5, 5.41) is 5.39. The van der Waals surface area contributed by atoms with E-state index in [9.17, 15) is 14.4 Å². The van der Waals surface area contributed by atoms with Crippen molar-refractivity contribution in [1.82, 2.24) is 10.6 Å². The summed E-state index contributed by atoms with van der Waals surface area (Å²) < 4.78 is 14.2. The van der Waals surface area contributed by atoms with Gasteiger partial charge in [0.05, 0.1) is 6.61 Å². The molecule has 0 bridgehead atoms. The lowest BCUT2D eigenvalue weighted by Crippen LogP contribution is -2.31. The highest BCUT2D eigenvalue weighted by molar-refractivity contribution is 5.94. The van der Waals surface area contributed by atoms with Crippen molar-refractivity contribution in [2.24, 2.45) is 0 Å². The van der Waals surface area contributed by atoms with Crippen LogP contribution in [-0.2, 0) is 14.3 Å². The van der Waals surface area contributed by atoms with Crippen molar-refractivity contribution < 1.29 is 28.6 Å². The number of hydrogen-bond donors (Lipinski definition) is 2. The van der Waals surface area contributed by atoms with Gasteiger partial charge in [-0.15, -0.1) is 0 Å². The van der Waals surface area contributed by atoms with Crippen molar-refractivity contribution in [3.05, 3.63) is 29.8 Å². The first kappa shape index (κ1) is 19.4. The van der Waals surface area contributed by atoms with Crippen LogP contribution in [0.15, 0.2) is 24.3 Å². The molecular formula is C16H22N2O6. The fourth-order valence-corrected chi connectivity index (χ4v) is 1.72. The monoisotopic (exact) mass is 338 g/mol. The lowest BCUT2D eigenvalue weighted by Gasteiger charge is -2.07. The normalized spacial score (nSPS) is 9.92.